The largest absolute Gasteiger partial charge is 0.378 e. The molecule has 2 aliphatic rings. The molecule has 0 atom stereocenters. The van der Waals surface area contributed by atoms with Crippen molar-refractivity contribution in [1.82, 2.24) is 15.0 Å². The van der Waals surface area contributed by atoms with Crippen molar-refractivity contribution < 1.29 is 13.5 Å². The number of hydrogen-bond donors (Lipinski definition) is 1. The molecule has 1 fully saturated rings. The molecule has 0 amide bonds. The Kier molecular flexibility index (Phi) is 5.75. The van der Waals surface area contributed by atoms with Crippen LogP contribution in [0.4, 0.5) is 26.2 Å². The van der Waals surface area contributed by atoms with Gasteiger partial charge in [-0.1, -0.05) is 11.6 Å². The van der Waals surface area contributed by atoms with Gasteiger partial charge in [0.2, 0.25) is 0 Å². The molecule has 2 aromatic heterocycles. The summed E-state index contributed by atoms with van der Waals surface area (Å²) in [6, 6.07) is 6.03. The van der Waals surface area contributed by atoms with Gasteiger partial charge in [0.15, 0.2) is 11.6 Å². The average Bonchev–Trinajstić information content (AvgIpc) is 2.85. The molecule has 3 aromatic rings. The quantitative estimate of drug-likeness (QED) is 0.597. The Balaban J connectivity index is 1.42. The predicted molar refractivity (Wildman–Crippen MR) is 119 cm³/mol. The van der Waals surface area contributed by atoms with Crippen molar-refractivity contribution in [2.24, 2.45) is 0 Å². The van der Waals surface area contributed by atoms with E-state index in [0.717, 1.165) is 36.6 Å². The van der Waals surface area contributed by atoms with Gasteiger partial charge in [0.1, 0.15) is 17.5 Å². The molecule has 0 aliphatic carbocycles. The molecule has 0 radical (unpaired) electrons. The van der Waals surface area contributed by atoms with Gasteiger partial charge in [0.25, 0.3) is 0 Å². The van der Waals surface area contributed by atoms with Crippen molar-refractivity contribution >= 4 is 29.1 Å². The summed E-state index contributed by atoms with van der Waals surface area (Å²) in [6.07, 6.45) is 3.45. The number of aromatic nitrogens is 3. The van der Waals surface area contributed by atoms with Gasteiger partial charge in [-0.25, -0.2) is 23.7 Å². The maximum absolute atomic E-state index is 14.3. The van der Waals surface area contributed by atoms with Crippen molar-refractivity contribution in [1.29, 1.82) is 0 Å². The van der Waals surface area contributed by atoms with Crippen LogP contribution in [0.1, 0.15) is 5.56 Å². The van der Waals surface area contributed by atoms with Crippen molar-refractivity contribution in [3.05, 3.63) is 58.9 Å². The van der Waals surface area contributed by atoms with Crippen molar-refractivity contribution in [2.45, 2.75) is 6.54 Å². The van der Waals surface area contributed by atoms with Crippen LogP contribution in [-0.2, 0) is 11.3 Å². The molecule has 0 unspecified atom stereocenters. The summed E-state index contributed by atoms with van der Waals surface area (Å²) >= 11 is 6.04. The number of pyridine rings is 1. The lowest BCUT2D eigenvalue weighted by molar-refractivity contribution is 0.122. The molecule has 0 saturated carbocycles. The van der Waals surface area contributed by atoms with E-state index in [4.69, 9.17) is 21.3 Å². The third-order valence-electron chi connectivity index (χ3n) is 5.59. The number of nitrogens with zero attached hydrogens (tertiary/aromatic N) is 5. The minimum Gasteiger partial charge on any atom is -0.378 e. The van der Waals surface area contributed by atoms with E-state index in [1.807, 2.05) is 17.0 Å². The van der Waals surface area contributed by atoms with E-state index < -0.39 is 11.6 Å². The standard InChI is InChI=1S/C22H21ClF2N6O/c23-20-15(16(24)2-3-17(20)25)13-31-6-5-26-21-22(31)29-18(12-28-21)14-1-4-19(27-11-14)30-7-9-32-10-8-30/h1-4,11-12H,5-10,13H2,(H,26,28). The Morgan fingerprint density at radius 1 is 1.00 bits per heavy atom. The summed E-state index contributed by atoms with van der Waals surface area (Å²) < 4.78 is 33.6. The highest BCUT2D eigenvalue weighted by Crippen LogP contribution is 2.32. The molecule has 1 N–H and O–H groups in total. The van der Waals surface area contributed by atoms with E-state index in [1.54, 1.807) is 12.4 Å². The number of rotatable bonds is 4. The van der Waals surface area contributed by atoms with E-state index in [9.17, 15) is 8.78 Å². The Labute approximate surface area is 189 Å². The topological polar surface area (TPSA) is 66.4 Å². The third kappa shape index (κ3) is 4.05. The van der Waals surface area contributed by atoms with Crippen LogP contribution in [0, 0.1) is 11.6 Å². The fraction of sp³-hybridized carbons (Fsp3) is 0.318. The molecule has 2 aliphatic heterocycles. The van der Waals surface area contributed by atoms with Gasteiger partial charge in [0, 0.05) is 50.0 Å². The number of halogens is 3. The van der Waals surface area contributed by atoms with E-state index in [2.05, 4.69) is 20.2 Å². The zero-order chi connectivity index (χ0) is 22.1. The van der Waals surface area contributed by atoms with E-state index in [-0.39, 0.29) is 17.1 Å². The van der Waals surface area contributed by atoms with Gasteiger partial charge in [-0.2, -0.15) is 0 Å². The molecule has 0 bridgehead atoms. The number of nitrogens with one attached hydrogen (secondary N) is 1. The summed E-state index contributed by atoms with van der Waals surface area (Å²) in [5, 5.41) is 2.99. The number of anilines is 3. The van der Waals surface area contributed by atoms with E-state index in [0.29, 0.717) is 43.6 Å². The number of hydrogen-bond acceptors (Lipinski definition) is 7. The first-order valence-corrected chi connectivity index (χ1v) is 10.8. The normalized spacial score (nSPS) is 16.0. The van der Waals surface area contributed by atoms with Gasteiger partial charge in [-0.05, 0) is 24.3 Å². The van der Waals surface area contributed by atoms with Crippen LogP contribution >= 0.6 is 11.6 Å². The summed E-state index contributed by atoms with van der Waals surface area (Å²) in [5.41, 5.74) is 1.56. The fourth-order valence-corrected chi connectivity index (χ4v) is 4.07. The SMILES string of the molecule is Fc1ccc(F)c(CN2CCNc3ncc(-c4ccc(N5CCOCC5)nc4)nc32)c1Cl. The maximum Gasteiger partial charge on any atom is 0.172 e. The molecule has 0 spiro atoms. The van der Waals surface area contributed by atoms with Gasteiger partial charge in [0.05, 0.1) is 30.1 Å². The van der Waals surface area contributed by atoms with Crippen molar-refractivity contribution in [3.63, 3.8) is 0 Å². The molecule has 166 valence electrons. The van der Waals surface area contributed by atoms with Gasteiger partial charge in [-0.3, -0.25) is 0 Å². The lowest BCUT2D eigenvalue weighted by Gasteiger charge is -2.31. The summed E-state index contributed by atoms with van der Waals surface area (Å²) in [5.74, 6) is 0.840. The van der Waals surface area contributed by atoms with E-state index in [1.165, 1.54) is 0 Å². The predicted octanol–water partition coefficient (Wildman–Crippen LogP) is 3.74. The first kappa shape index (κ1) is 20.8. The lowest BCUT2D eigenvalue weighted by Crippen LogP contribution is -2.36. The van der Waals surface area contributed by atoms with Crippen LogP contribution in [0.3, 0.4) is 0 Å². The molecule has 1 saturated heterocycles. The Hall–Kier alpha value is -3.04. The molecule has 1 aromatic carbocycles. The first-order valence-electron chi connectivity index (χ1n) is 10.4. The molecule has 10 heteroatoms. The minimum atomic E-state index is -0.648. The Bertz CT molecular complexity index is 1120. The number of benzene rings is 1. The number of morpholine rings is 1. The van der Waals surface area contributed by atoms with Crippen LogP contribution in [0.2, 0.25) is 5.02 Å². The fourth-order valence-electron chi connectivity index (χ4n) is 3.85. The third-order valence-corrected chi connectivity index (χ3v) is 6.00. The second kappa shape index (κ2) is 8.84. The summed E-state index contributed by atoms with van der Waals surface area (Å²) in [6.45, 7) is 4.24. The lowest BCUT2D eigenvalue weighted by atomic mass is 10.1. The second-order valence-electron chi connectivity index (χ2n) is 7.60. The van der Waals surface area contributed by atoms with E-state index >= 15 is 0 Å². The van der Waals surface area contributed by atoms with Crippen molar-refractivity contribution in [2.75, 3.05) is 54.5 Å². The Morgan fingerprint density at radius 2 is 1.81 bits per heavy atom. The number of ether oxygens (including phenoxy) is 1. The first-order chi connectivity index (χ1) is 15.6. The molecule has 5 rings (SSSR count). The highest BCUT2D eigenvalue weighted by molar-refractivity contribution is 6.31. The Morgan fingerprint density at radius 3 is 2.59 bits per heavy atom. The molecule has 7 nitrogen and oxygen atoms in total. The van der Waals surface area contributed by atoms with Gasteiger partial charge < -0.3 is 19.9 Å². The molecular formula is C22H21ClF2N6O. The molecule has 4 heterocycles. The molecular weight excluding hydrogens is 438 g/mol. The minimum absolute atomic E-state index is 0.0868. The van der Waals surface area contributed by atoms with Crippen molar-refractivity contribution in [3.8, 4) is 11.3 Å². The van der Waals surface area contributed by atoms with Gasteiger partial charge >= 0.3 is 0 Å². The zero-order valence-corrected chi connectivity index (χ0v) is 17.9. The molecule has 32 heavy (non-hydrogen) atoms. The van der Waals surface area contributed by atoms with Crippen LogP contribution in [0.15, 0.2) is 36.7 Å². The summed E-state index contributed by atoms with van der Waals surface area (Å²) in [4.78, 5) is 17.8. The van der Waals surface area contributed by atoms with Crippen LogP contribution in [0.25, 0.3) is 11.3 Å². The average molecular weight is 459 g/mol. The van der Waals surface area contributed by atoms with Crippen LogP contribution in [-0.4, -0.2) is 54.3 Å². The monoisotopic (exact) mass is 458 g/mol. The highest BCUT2D eigenvalue weighted by atomic mass is 35.5. The zero-order valence-electron chi connectivity index (χ0n) is 17.2. The van der Waals surface area contributed by atoms with Crippen LogP contribution < -0.4 is 15.1 Å². The second-order valence-corrected chi connectivity index (χ2v) is 7.98. The highest BCUT2D eigenvalue weighted by Gasteiger charge is 2.23. The van der Waals surface area contributed by atoms with Crippen LogP contribution in [0.5, 0.6) is 0 Å². The number of fused-ring (bicyclic) bond motifs is 1. The maximum atomic E-state index is 14.3. The van der Waals surface area contributed by atoms with Gasteiger partial charge in [-0.15, -0.1) is 0 Å². The smallest absolute Gasteiger partial charge is 0.172 e. The summed E-state index contributed by atoms with van der Waals surface area (Å²) in [7, 11) is 0.